The fourth-order valence-electron chi connectivity index (χ4n) is 3.81. The van der Waals surface area contributed by atoms with Gasteiger partial charge in [-0.3, -0.25) is 14.8 Å². The lowest BCUT2D eigenvalue weighted by molar-refractivity contribution is -0.141. The Bertz CT molecular complexity index is 1370. The number of ketones is 1. The number of halogens is 5. The molecule has 0 saturated carbocycles. The largest absolute Gasteiger partial charge is 0.433 e. The second-order valence-electron chi connectivity index (χ2n) is 8.05. The molecule has 0 N–H and O–H groups in total. The number of alkyl halides is 4. The number of aromatic nitrogens is 4. The number of Topliss-reactive ketones (excluding diaryl/α,β-unsaturated/α-hetero) is 1. The molecule has 190 valence electrons. The van der Waals surface area contributed by atoms with Crippen LogP contribution >= 0.6 is 0 Å². The van der Waals surface area contributed by atoms with Crippen LogP contribution in [-0.4, -0.2) is 57.2 Å². The average Bonchev–Trinajstić information content (AvgIpc) is 3.25. The Morgan fingerprint density at radius 2 is 1.86 bits per heavy atom. The van der Waals surface area contributed by atoms with E-state index in [2.05, 4.69) is 19.9 Å². The number of hydrogen-bond acceptors (Lipinski definition) is 7. The zero-order chi connectivity index (χ0) is 26.1. The molecule has 1 fully saturated rings. The topological polar surface area (TPSA) is 106 Å². The molecule has 1 saturated heterocycles. The summed E-state index contributed by atoms with van der Waals surface area (Å²) in [6.07, 6.45) is -2.71. The van der Waals surface area contributed by atoms with E-state index in [9.17, 15) is 35.2 Å². The van der Waals surface area contributed by atoms with Gasteiger partial charge in [-0.2, -0.15) is 17.5 Å². The van der Waals surface area contributed by atoms with Gasteiger partial charge in [-0.15, -0.1) is 0 Å². The summed E-state index contributed by atoms with van der Waals surface area (Å²) in [6, 6.07) is 2.95. The molecule has 2 atom stereocenters. The molecule has 0 bridgehead atoms. The molecule has 3 aromatic heterocycles. The van der Waals surface area contributed by atoms with Gasteiger partial charge in [0.15, 0.2) is 5.78 Å². The van der Waals surface area contributed by atoms with Crippen molar-refractivity contribution in [2.75, 3.05) is 6.54 Å². The number of aryl methyl sites for hydroxylation is 1. The van der Waals surface area contributed by atoms with E-state index in [0.29, 0.717) is 11.3 Å². The van der Waals surface area contributed by atoms with E-state index in [1.165, 1.54) is 18.5 Å². The van der Waals surface area contributed by atoms with Gasteiger partial charge >= 0.3 is 6.18 Å². The second kappa shape index (κ2) is 9.93. The quantitative estimate of drug-likeness (QED) is 0.434. The van der Waals surface area contributed by atoms with Crippen LogP contribution in [0, 0.1) is 5.82 Å². The van der Waals surface area contributed by atoms with E-state index in [0.717, 1.165) is 35.0 Å². The second-order valence-corrected chi connectivity index (χ2v) is 9.94. The third-order valence-corrected chi connectivity index (χ3v) is 7.40. The molecule has 1 aliphatic rings. The van der Waals surface area contributed by atoms with E-state index in [4.69, 9.17) is 0 Å². The molecule has 0 radical (unpaired) electrons. The fraction of sp³-hybridized carbons (Fsp3) is 0.318. The van der Waals surface area contributed by atoms with Gasteiger partial charge in [-0.05, 0) is 30.7 Å². The Balaban J connectivity index is 1.47. The maximum Gasteiger partial charge on any atom is 0.433 e. The molecule has 1 aliphatic heterocycles. The first-order valence-corrected chi connectivity index (χ1v) is 12.0. The van der Waals surface area contributed by atoms with Crippen LogP contribution in [0.2, 0.25) is 0 Å². The molecule has 4 heterocycles. The maximum atomic E-state index is 14.2. The lowest BCUT2D eigenvalue weighted by atomic mass is 10.0. The molecule has 0 amide bonds. The Kier molecular flexibility index (Phi) is 7.09. The lowest BCUT2D eigenvalue weighted by Crippen LogP contribution is -2.40. The molecular formula is C22H18F5N5O3S. The Morgan fingerprint density at radius 1 is 1.08 bits per heavy atom. The maximum absolute atomic E-state index is 14.2. The smallest absolute Gasteiger partial charge is 0.298 e. The molecule has 8 nitrogen and oxygen atoms in total. The molecular weight excluding hydrogens is 509 g/mol. The highest BCUT2D eigenvalue weighted by Gasteiger charge is 2.44. The third-order valence-electron chi connectivity index (χ3n) is 5.56. The number of pyridine rings is 2. The zero-order valence-corrected chi connectivity index (χ0v) is 19.2. The SMILES string of the molecule is O=C(CCc1cc(-c2ccc(C(F)(F)F)nc2)ncn1)[C@@H]1C[C@@H](F)CN1S(=O)(=O)c1cncc(F)c1. The average molecular weight is 527 g/mol. The molecule has 14 heteroatoms. The van der Waals surface area contributed by atoms with Crippen LogP contribution in [0.25, 0.3) is 11.3 Å². The number of rotatable bonds is 7. The minimum absolute atomic E-state index is 0.0469. The molecule has 0 aliphatic carbocycles. The van der Waals surface area contributed by atoms with Crippen LogP contribution in [0.3, 0.4) is 0 Å². The van der Waals surface area contributed by atoms with Crippen molar-refractivity contribution in [3.63, 3.8) is 0 Å². The minimum atomic E-state index is -4.58. The van der Waals surface area contributed by atoms with Gasteiger partial charge in [-0.1, -0.05) is 0 Å². The Labute approximate surface area is 202 Å². The van der Waals surface area contributed by atoms with Crippen molar-refractivity contribution in [1.82, 2.24) is 24.2 Å². The molecule has 36 heavy (non-hydrogen) atoms. The molecule has 0 aromatic carbocycles. The minimum Gasteiger partial charge on any atom is -0.298 e. The highest BCUT2D eigenvalue weighted by molar-refractivity contribution is 7.89. The van der Waals surface area contributed by atoms with E-state index in [-0.39, 0.29) is 25.0 Å². The third kappa shape index (κ3) is 5.54. The van der Waals surface area contributed by atoms with Crippen molar-refractivity contribution >= 4 is 15.8 Å². The highest BCUT2D eigenvalue weighted by Crippen LogP contribution is 2.30. The summed E-state index contributed by atoms with van der Waals surface area (Å²) in [7, 11) is -4.37. The standard InChI is InChI=1S/C22H18F5N5O3S/c23-14-5-17(10-28-9-14)36(34,35)32-11-15(24)6-19(32)20(33)3-2-16-7-18(31-12-30-16)13-1-4-21(29-8-13)22(25,26)27/h1,4-5,7-10,12,15,19H,2-3,6,11H2/t15-,19+/m1/s1. The number of hydrogen-bond donors (Lipinski definition) is 0. The Morgan fingerprint density at radius 3 is 2.53 bits per heavy atom. The van der Waals surface area contributed by atoms with Gasteiger partial charge < -0.3 is 0 Å². The van der Waals surface area contributed by atoms with Gasteiger partial charge in [0, 0.05) is 43.0 Å². The number of nitrogens with zero attached hydrogens (tertiary/aromatic N) is 5. The molecule has 0 spiro atoms. The number of sulfonamides is 1. The van der Waals surface area contributed by atoms with E-state index < -0.39 is 57.1 Å². The number of carbonyl (C=O) groups is 1. The van der Waals surface area contributed by atoms with Gasteiger partial charge in [0.05, 0.1) is 17.9 Å². The van der Waals surface area contributed by atoms with E-state index >= 15 is 0 Å². The van der Waals surface area contributed by atoms with Crippen LogP contribution in [0.4, 0.5) is 22.0 Å². The summed E-state index contributed by atoms with van der Waals surface area (Å²) in [6.45, 7) is -0.548. The molecule has 3 aromatic rings. The van der Waals surface area contributed by atoms with Gasteiger partial charge in [0.1, 0.15) is 28.9 Å². The normalized spacial score (nSPS) is 18.9. The molecule has 0 unspecified atom stereocenters. The van der Waals surface area contributed by atoms with Crippen LogP contribution in [-0.2, 0) is 27.4 Å². The van der Waals surface area contributed by atoms with Crippen LogP contribution < -0.4 is 0 Å². The summed E-state index contributed by atoms with van der Waals surface area (Å²) in [4.78, 5) is 27.3. The van der Waals surface area contributed by atoms with E-state index in [1.54, 1.807) is 0 Å². The predicted octanol–water partition coefficient (Wildman–Crippen LogP) is 3.39. The number of carbonyl (C=O) groups excluding carboxylic acids is 1. The van der Waals surface area contributed by atoms with Crippen molar-refractivity contribution < 1.29 is 35.2 Å². The van der Waals surface area contributed by atoms with Crippen molar-refractivity contribution in [3.8, 4) is 11.3 Å². The highest BCUT2D eigenvalue weighted by atomic mass is 32.2. The molecule has 4 rings (SSSR count). The lowest BCUT2D eigenvalue weighted by Gasteiger charge is -2.22. The van der Waals surface area contributed by atoms with Crippen LogP contribution in [0.15, 0.2) is 54.1 Å². The van der Waals surface area contributed by atoms with Gasteiger partial charge in [0.2, 0.25) is 10.0 Å². The summed E-state index contributed by atoms with van der Waals surface area (Å²) < 4.78 is 92.4. The van der Waals surface area contributed by atoms with Crippen LogP contribution in [0.5, 0.6) is 0 Å². The van der Waals surface area contributed by atoms with Gasteiger partial charge in [0.25, 0.3) is 0 Å². The first-order valence-electron chi connectivity index (χ1n) is 10.6. The first kappa shape index (κ1) is 25.7. The predicted molar refractivity (Wildman–Crippen MR) is 115 cm³/mol. The summed E-state index contributed by atoms with van der Waals surface area (Å²) in [5.41, 5.74) is -0.106. The van der Waals surface area contributed by atoms with Crippen LogP contribution in [0.1, 0.15) is 24.2 Å². The monoisotopic (exact) mass is 527 g/mol. The first-order chi connectivity index (χ1) is 16.9. The van der Waals surface area contributed by atoms with E-state index in [1.807, 2.05) is 0 Å². The zero-order valence-electron chi connectivity index (χ0n) is 18.4. The van der Waals surface area contributed by atoms with Crippen molar-refractivity contribution in [1.29, 1.82) is 0 Å². The van der Waals surface area contributed by atoms with Gasteiger partial charge in [-0.25, -0.2) is 27.2 Å². The van der Waals surface area contributed by atoms with Crippen molar-refractivity contribution in [2.45, 2.75) is 42.5 Å². The Hall–Kier alpha value is -3.39. The summed E-state index contributed by atoms with van der Waals surface area (Å²) >= 11 is 0. The van der Waals surface area contributed by atoms with Crippen molar-refractivity contribution in [2.24, 2.45) is 0 Å². The van der Waals surface area contributed by atoms with Crippen molar-refractivity contribution in [3.05, 3.63) is 66.4 Å². The summed E-state index contributed by atoms with van der Waals surface area (Å²) in [5, 5.41) is 0. The summed E-state index contributed by atoms with van der Waals surface area (Å²) in [5.74, 6) is -1.45. The fourth-order valence-corrected chi connectivity index (χ4v) is 5.43.